The van der Waals surface area contributed by atoms with E-state index in [4.69, 9.17) is 0 Å². The first-order valence-corrected chi connectivity index (χ1v) is 1.77. The Labute approximate surface area is 74.3 Å². The van der Waals surface area contributed by atoms with Crippen molar-refractivity contribution in [2.45, 2.75) is 0 Å². The SMILES string of the molecule is O=[N+]([O-])[C-]([N+](=O)[O-])[N+](=O)[O-].[Ag+]. The molecule has 0 unspecified atom stereocenters. The minimum Gasteiger partial charge on any atom is -0.283 e. The van der Waals surface area contributed by atoms with Crippen LogP contribution in [0.4, 0.5) is 0 Å². The standard InChI is InChI=1S/CN3O6.Ag/c5-2(6)1(3(7)8)4(9)10;/q-1;+1. The second kappa shape index (κ2) is 4.60. The molecule has 0 bridgehead atoms. The van der Waals surface area contributed by atoms with E-state index < -0.39 is 21.1 Å². The minimum absolute atomic E-state index is 0. The van der Waals surface area contributed by atoms with E-state index in [9.17, 15) is 30.3 Å². The molecule has 0 rings (SSSR count). The zero-order valence-electron chi connectivity index (χ0n) is 4.59. The molecule has 10 heteroatoms. The molecule has 0 aromatic rings. The van der Waals surface area contributed by atoms with Crippen molar-refractivity contribution in [2.24, 2.45) is 0 Å². The Bertz CT molecular complexity index is 157. The van der Waals surface area contributed by atoms with Crippen molar-refractivity contribution in [3.63, 3.8) is 0 Å². The van der Waals surface area contributed by atoms with Gasteiger partial charge in [-0.3, -0.25) is 30.3 Å². The number of hydrogen-bond donors (Lipinski definition) is 0. The second-order valence-corrected chi connectivity index (χ2v) is 1.07. The van der Waals surface area contributed by atoms with Gasteiger partial charge in [0.2, 0.25) is 0 Å². The predicted octanol–water partition coefficient (Wildman–Crippen LogP) is -0.739. The van der Waals surface area contributed by atoms with Crippen molar-refractivity contribution in [2.75, 3.05) is 0 Å². The van der Waals surface area contributed by atoms with Crippen LogP contribution in [0.5, 0.6) is 0 Å². The van der Waals surface area contributed by atoms with Crippen LogP contribution in [0.25, 0.3) is 0 Å². The fourth-order valence-electron chi connectivity index (χ4n) is 0.200. The van der Waals surface area contributed by atoms with E-state index in [0.29, 0.717) is 0 Å². The fourth-order valence-corrected chi connectivity index (χ4v) is 0.200. The first kappa shape index (κ1) is 12.5. The predicted molar refractivity (Wildman–Crippen MR) is 24.2 cm³/mol. The molecule has 0 radical (unpaired) electrons. The normalized spacial score (nSPS) is 7.64. The Kier molecular flexibility index (Phi) is 5.22. The summed E-state index contributed by atoms with van der Waals surface area (Å²) in [5, 5.41) is 28.4. The zero-order valence-corrected chi connectivity index (χ0v) is 6.07. The molecule has 0 aromatic heterocycles. The monoisotopic (exact) mass is 257 g/mol. The largest absolute Gasteiger partial charge is 1.00 e. The van der Waals surface area contributed by atoms with Crippen LogP contribution >= 0.6 is 0 Å². The van der Waals surface area contributed by atoms with Gasteiger partial charge in [0.25, 0.3) is 0 Å². The Balaban J connectivity index is 0. The van der Waals surface area contributed by atoms with Crippen LogP contribution in [0.1, 0.15) is 0 Å². The summed E-state index contributed by atoms with van der Waals surface area (Å²) in [5.41, 5.74) is 0. The van der Waals surface area contributed by atoms with Crippen molar-refractivity contribution in [3.05, 3.63) is 36.6 Å². The maximum absolute atomic E-state index is 9.47. The van der Waals surface area contributed by atoms with E-state index in [1.165, 1.54) is 0 Å². The van der Waals surface area contributed by atoms with Gasteiger partial charge in [-0.1, -0.05) is 0 Å². The topological polar surface area (TPSA) is 129 Å². The summed E-state index contributed by atoms with van der Waals surface area (Å²) in [6.07, 6.45) is -2.14. The fraction of sp³-hybridized carbons (Fsp3) is 0. The summed E-state index contributed by atoms with van der Waals surface area (Å²) in [6, 6.07) is 0. The van der Waals surface area contributed by atoms with E-state index >= 15 is 0 Å². The van der Waals surface area contributed by atoms with Gasteiger partial charge in [-0.05, 0) is 0 Å². The van der Waals surface area contributed by atoms with Crippen molar-refractivity contribution in [3.8, 4) is 0 Å². The van der Waals surface area contributed by atoms with Crippen molar-refractivity contribution < 1.29 is 37.2 Å². The van der Waals surface area contributed by atoms with Crippen LogP contribution in [-0.4, -0.2) is 14.8 Å². The van der Waals surface area contributed by atoms with E-state index in [1.807, 2.05) is 0 Å². The molecule has 0 spiro atoms. The molecule has 0 aromatic carbocycles. The summed E-state index contributed by atoms with van der Waals surface area (Å²) in [4.78, 5) is 23.4. The van der Waals surface area contributed by atoms with Gasteiger partial charge < -0.3 is 0 Å². The molecule has 0 heterocycles. The van der Waals surface area contributed by atoms with Gasteiger partial charge >= 0.3 is 28.7 Å². The number of hydrogen-bond acceptors (Lipinski definition) is 6. The number of rotatable bonds is 3. The molecule has 66 valence electrons. The van der Waals surface area contributed by atoms with Gasteiger partial charge in [-0.25, -0.2) is 0 Å². The molecule has 0 fully saturated rings. The van der Waals surface area contributed by atoms with E-state index in [-0.39, 0.29) is 22.4 Å². The van der Waals surface area contributed by atoms with E-state index in [0.717, 1.165) is 0 Å². The van der Waals surface area contributed by atoms with E-state index in [1.54, 1.807) is 0 Å². The van der Waals surface area contributed by atoms with Crippen LogP contribution in [0, 0.1) is 36.6 Å². The Morgan fingerprint density at radius 3 is 1.00 bits per heavy atom. The Morgan fingerprint density at radius 1 is 0.818 bits per heavy atom. The molecule has 0 saturated carbocycles. The van der Waals surface area contributed by atoms with Crippen LogP contribution in [0.2, 0.25) is 0 Å². The third-order valence-electron chi connectivity index (χ3n) is 0.490. The van der Waals surface area contributed by atoms with E-state index in [2.05, 4.69) is 0 Å². The van der Waals surface area contributed by atoms with Crippen molar-refractivity contribution >= 4 is 0 Å². The van der Waals surface area contributed by atoms with Crippen LogP contribution in [0.15, 0.2) is 0 Å². The average Bonchev–Trinajstić information content (AvgIpc) is 1.59. The molecule has 0 aliphatic rings. The molecule has 0 N–H and O–H groups in total. The third-order valence-corrected chi connectivity index (χ3v) is 0.490. The van der Waals surface area contributed by atoms with Gasteiger partial charge in [0, 0.05) is 14.8 Å². The van der Waals surface area contributed by atoms with Crippen LogP contribution in [-0.2, 0) is 22.4 Å². The minimum atomic E-state index is -2.14. The van der Waals surface area contributed by atoms with Gasteiger partial charge in [-0.15, -0.1) is 0 Å². The number of nitrogens with zero attached hydrogens (tertiary/aromatic N) is 3. The maximum atomic E-state index is 9.47. The summed E-state index contributed by atoms with van der Waals surface area (Å²) in [6.45, 7) is 0. The smallest absolute Gasteiger partial charge is 0.283 e. The zero-order chi connectivity index (χ0) is 8.31. The first-order chi connectivity index (χ1) is 4.46. The molecular formula is CAgN3O6. The summed E-state index contributed by atoms with van der Waals surface area (Å²) in [7, 11) is 0. The molecule has 0 amide bonds. The van der Waals surface area contributed by atoms with Gasteiger partial charge in [0.05, 0.1) is 0 Å². The summed E-state index contributed by atoms with van der Waals surface area (Å²) in [5.74, 6) is 0. The molecule has 9 nitrogen and oxygen atoms in total. The summed E-state index contributed by atoms with van der Waals surface area (Å²) < 4.78 is 0. The first-order valence-electron chi connectivity index (χ1n) is 1.77. The third kappa shape index (κ3) is 3.50. The van der Waals surface area contributed by atoms with Crippen LogP contribution < -0.4 is 0 Å². The number of nitro groups is 3. The molecular weight excluding hydrogens is 258 g/mol. The van der Waals surface area contributed by atoms with Crippen molar-refractivity contribution in [1.29, 1.82) is 0 Å². The molecule has 0 aliphatic heterocycles. The van der Waals surface area contributed by atoms with Crippen LogP contribution in [0.3, 0.4) is 0 Å². The Hall–Kier alpha value is -1.19. The van der Waals surface area contributed by atoms with Gasteiger partial charge in [-0.2, -0.15) is 0 Å². The molecule has 0 atom stereocenters. The quantitative estimate of drug-likeness (QED) is 0.283. The van der Waals surface area contributed by atoms with Gasteiger partial charge in [0.1, 0.15) is 0 Å². The summed E-state index contributed by atoms with van der Waals surface area (Å²) >= 11 is 0. The molecule has 11 heavy (non-hydrogen) atoms. The maximum Gasteiger partial charge on any atom is 1.00 e. The molecule has 0 saturated heterocycles. The average molecular weight is 258 g/mol. The second-order valence-electron chi connectivity index (χ2n) is 1.07. The van der Waals surface area contributed by atoms with Gasteiger partial charge in [0.15, 0.2) is 0 Å². The Morgan fingerprint density at radius 2 is 1.00 bits per heavy atom. The molecule has 0 aliphatic carbocycles. The van der Waals surface area contributed by atoms with Crippen molar-refractivity contribution in [1.82, 2.24) is 0 Å².